The smallest absolute Gasteiger partial charge is 0.307 e. The first kappa shape index (κ1) is 33.2. The minimum Gasteiger partial charge on any atom is -0.504 e. The molecule has 0 saturated heterocycles. The number of nitriles is 1. The summed E-state index contributed by atoms with van der Waals surface area (Å²) in [4.78, 5) is 26.8. The highest BCUT2D eigenvalue weighted by Crippen LogP contribution is 2.59. The van der Waals surface area contributed by atoms with Gasteiger partial charge in [-0.25, -0.2) is 0 Å². The lowest BCUT2D eigenvalue weighted by Gasteiger charge is -2.58. The monoisotopic (exact) mass is 531 g/mol. The van der Waals surface area contributed by atoms with Gasteiger partial charge in [0.25, 0.3) is 0 Å². The van der Waals surface area contributed by atoms with E-state index < -0.39 is 39.1 Å². The molecule has 0 aliphatic rings. The van der Waals surface area contributed by atoms with Crippen molar-refractivity contribution in [3.8, 4) is 17.6 Å². The normalized spacial score (nSPS) is 15.4. The highest BCUT2D eigenvalue weighted by atomic mass is 16.4. The third kappa shape index (κ3) is 6.26. The molecule has 5 N–H and O–H groups in total. The summed E-state index contributed by atoms with van der Waals surface area (Å²) in [5.41, 5.74) is -4.13. The second kappa shape index (κ2) is 11.5. The molecule has 0 bridgehead atoms. The van der Waals surface area contributed by atoms with Gasteiger partial charge in [0, 0.05) is 6.54 Å². The molecule has 214 valence electrons. The number of rotatable bonds is 13. The van der Waals surface area contributed by atoms with E-state index >= 15 is 0 Å². The van der Waals surface area contributed by atoms with E-state index in [1.807, 2.05) is 62.3 Å². The fourth-order valence-electron chi connectivity index (χ4n) is 5.24. The summed E-state index contributed by atoms with van der Waals surface area (Å²) in [6.07, 6.45) is 0.435. The lowest BCUT2D eigenvalue weighted by molar-refractivity contribution is -0.171. The van der Waals surface area contributed by atoms with Gasteiger partial charge in [0.15, 0.2) is 11.5 Å². The van der Waals surface area contributed by atoms with Gasteiger partial charge in [0.2, 0.25) is 5.91 Å². The summed E-state index contributed by atoms with van der Waals surface area (Å²) in [7, 11) is 0. The molecular weight excluding hydrogens is 482 g/mol. The van der Waals surface area contributed by atoms with Gasteiger partial charge in [-0.05, 0) is 73.6 Å². The number of carbonyl (C=O) groups is 2. The molecule has 0 saturated carbocycles. The number of phenolic OH excluding ortho intramolecular Hbond substituents is 2. The maximum atomic E-state index is 13.9. The number of carbonyl (C=O) groups excluding carboxylic acids is 1. The van der Waals surface area contributed by atoms with Crippen molar-refractivity contribution in [3.05, 3.63) is 23.8 Å². The third-order valence-electron chi connectivity index (χ3n) is 9.50. The molecule has 0 heterocycles. The van der Waals surface area contributed by atoms with E-state index in [2.05, 4.69) is 16.7 Å². The minimum atomic E-state index is -1.17. The van der Waals surface area contributed by atoms with Gasteiger partial charge in [-0.15, -0.1) is 0 Å². The average molecular weight is 532 g/mol. The molecule has 2 unspecified atom stereocenters. The number of carboxylic acids is 1. The van der Waals surface area contributed by atoms with Gasteiger partial charge in [0.1, 0.15) is 5.54 Å². The summed E-state index contributed by atoms with van der Waals surface area (Å²) in [6.45, 7) is 21.5. The fourth-order valence-corrected chi connectivity index (χ4v) is 5.24. The van der Waals surface area contributed by atoms with Crippen molar-refractivity contribution < 1.29 is 24.9 Å². The fraction of sp³-hybridized carbons (Fsp3) is 0.700. The molecule has 2 atom stereocenters. The van der Waals surface area contributed by atoms with Crippen molar-refractivity contribution in [1.82, 2.24) is 10.6 Å². The van der Waals surface area contributed by atoms with Crippen LogP contribution in [-0.4, -0.2) is 45.8 Å². The Labute approximate surface area is 228 Å². The van der Waals surface area contributed by atoms with Gasteiger partial charge in [-0.3, -0.25) is 9.59 Å². The predicted octanol–water partition coefficient (Wildman–Crippen LogP) is 5.09. The minimum absolute atomic E-state index is 0.206. The van der Waals surface area contributed by atoms with Gasteiger partial charge in [-0.2, -0.15) is 5.26 Å². The number of aromatic hydroxyl groups is 2. The van der Waals surface area contributed by atoms with Gasteiger partial charge >= 0.3 is 5.97 Å². The van der Waals surface area contributed by atoms with Crippen LogP contribution in [0.3, 0.4) is 0 Å². The zero-order chi connectivity index (χ0) is 29.9. The van der Waals surface area contributed by atoms with E-state index in [4.69, 9.17) is 0 Å². The number of nitrogens with zero attached hydrogens (tertiary/aromatic N) is 1. The van der Waals surface area contributed by atoms with Crippen LogP contribution in [0.5, 0.6) is 11.5 Å². The van der Waals surface area contributed by atoms with Crippen LogP contribution in [0.25, 0.3) is 0 Å². The lowest BCUT2D eigenvalue weighted by Crippen LogP contribution is -2.70. The highest BCUT2D eigenvalue weighted by molar-refractivity contribution is 5.87. The average Bonchev–Trinajstić information content (AvgIpc) is 2.78. The third-order valence-corrected chi connectivity index (χ3v) is 9.50. The number of hydrogen-bond donors (Lipinski definition) is 5. The van der Waals surface area contributed by atoms with Gasteiger partial charge in [0.05, 0.1) is 17.4 Å². The molecule has 0 aliphatic heterocycles. The van der Waals surface area contributed by atoms with Crippen LogP contribution in [0.1, 0.15) is 81.7 Å². The maximum Gasteiger partial charge on any atom is 0.307 e. The molecule has 1 aromatic rings. The summed E-state index contributed by atoms with van der Waals surface area (Å²) in [5.74, 6) is -2.40. The molecule has 1 rings (SSSR count). The van der Waals surface area contributed by atoms with E-state index in [1.165, 1.54) is 12.1 Å². The first-order valence-corrected chi connectivity index (χ1v) is 13.3. The summed E-state index contributed by atoms with van der Waals surface area (Å²) in [5, 5.41) is 46.2. The SMILES string of the molecule is CC(C)CNC(C)(C(=O)NCCc1ccc(O)c(O)c1)C(C)(C)C(C)(C)C(C(=O)O)C(C)(C)C(C)(C)C#N. The highest BCUT2D eigenvalue weighted by Gasteiger charge is 2.63. The quantitative estimate of drug-likeness (QED) is 0.223. The van der Waals surface area contributed by atoms with Crippen molar-refractivity contribution in [3.63, 3.8) is 0 Å². The predicted molar refractivity (Wildman–Crippen MR) is 150 cm³/mol. The first-order valence-electron chi connectivity index (χ1n) is 13.3. The Bertz CT molecular complexity index is 1050. The second-order valence-corrected chi connectivity index (χ2v) is 13.3. The molecule has 38 heavy (non-hydrogen) atoms. The van der Waals surface area contributed by atoms with Crippen molar-refractivity contribution in [2.45, 2.75) is 88.1 Å². The Morgan fingerprint density at radius 1 is 0.947 bits per heavy atom. The molecule has 8 nitrogen and oxygen atoms in total. The largest absolute Gasteiger partial charge is 0.504 e. The van der Waals surface area contributed by atoms with Crippen LogP contribution in [0, 0.1) is 44.8 Å². The van der Waals surface area contributed by atoms with E-state index in [-0.39, 0.29) is 29.9 Å². The standard InChI is InChI=1S/C30H49N3O5/c1-19(2)17-33-30(11,25(38)32-15-14-20-12-13-21(34)22(35)16-20)29(9,10)28(7,8)23(24(36)37)27(5,6)26(3,4)18-31/h12-13,16,19,23,33-35H,14-15,17H2,1-11H3,(H,32,38)(H,36,37). The topological polar surface area (TPSA) is 143 Å². The second-order valence-electron chi connectivity index (χ2n) is 13.3. The van der Waals surface area contributed by atoms with E-state index in [1.54, 1.807) is 19.9 Å². The van der Waals surface area contributed by atoms with Crippen molar-refractivity contribution in [1.29, 1.82) is 5.26 Å². The molecule has 0 aromatic heterocycles. The van der Waals surface area contributed by atoms with Crippen LogP contribution in [-0.2, 0) is 16.0 Å². The molecule has 0 radical (unpaired) electrons. The molecule has 1 aromatic carbocycles. The summed E-state index contributed by atoms with van der Waals surface area (Å²) < 4.78 is 0. The molecule has 0 fully saturated rings. The zero-order valence-electron chi connectivity index (χ0n) is 25.1. The van der Waals surface area contributed by atoms with Crippen molar-refractivity contribution in [2.24, 2.45) is 33.5 Å². The number of aliphatic carboxylic acids is 1. The Morgan fingerprint density at radius 3 is 1.95 bits per heavy atom. The maximum absolute atomic E-state index is 13.9. The number of nitrogens with one attached hydrogen (secondary N) is 2. The van der Waals surface area contributed by atoms with Gasteiger partial charge in [-0.1, -0.05) is 61.5 Å². The van der Waals surface area contributed by atoms with Crippen molar-refractivity contribution >= 4 is 11.9 Å². The van der Waals surface area contributed by atoms with Crippen LogP contribution in [0.2, 0.25) is 0 Å². The number of carboxylic acid groups (broad SMARTS) is 1. The molecule has 0 spiro atoms. The Kier molecular flexibility index (Phi) is 10.1. The van der Waals surface area contributed by atoms with Gasteiger partial charge < -0.3 is 26.0 Å². The van der Waals surface area contributed by atoms with Crippen LogP contribution in [0.4, 0.5) is 0 Å². The van der Waals surface area contributed by atoms with Crippen LogP contribution >= 0.6 is 0 Å². The lowest BCUT2D eigenvalue weighted by atomic mass is 9.46. The molecule has 8 heteroatoms. The summed E-state index contributed by atoms with van der Waals surface area (Å²) >= 11 is 0. The molecular formula is C30H49N3O5. The van der Waals surface area contributed by atoms with Crippen molar-refractivity contribution in [2.75, 3.05) is 13.1 Å². The van der Waals surface area contributed by atoms with E-state index in [0.717, 1.165) is 5.56 Å². The Balaban J connectivity index is 3.48. The van der Waals surface area contributed by atoms with E-state index in [0.29, 0.717) is 13.0 Å². The van der Waals surface area contributed by atoms with Crippen LogP contribution in [0.15, 0.2) is 18.2 Å². The Morgan fingerprint density at radius 2 is 1.50 bits per heavy atom. The number of benzene rings is 1. The molecule has 0 aliphatic carbocycles. The van der Waals surface area contributed by atoms with Crippen LogP contribution < -0.4 is 10.6 Å². The Hall–Kier alpha value is -2.79. The number of hydrogen-bond acceptors (Lipinski definition) is 6. The van der Waals surface area contributed by atoms with E-state index in [9.17, 15) is 30.2 Å². The number of amides is 1. The zero-order valence-corrected chi connectivity index (χ0v) is 25.1. The molecule has 1 amide bonds. The first-order chi connectivity index (χ1) is 17.1. The summed E-state index contributed by atoms with van der Waals surface area (Å²) in [6, 6.07) is 6.85. The number of phenols is 2.